The molecule has 2 rings (SSSR count). The summed E-state index contributed by atoms with van der Waals surface area (Å²) < 4.78 is 0. The van der Waals surface area contributed by atoms with Crippen molar-refractivity contribution in [3.8, 4) is 11.5 Å². The highest BCUT2D eigenvalue weighted by atomic mass is 16.4. The average molecular weight is 302 g/mol. The van der Waals surface area contributed by atoms with Crippen molar-refractivity contribution >= 4 is 17.7 Å². The maximum atomic E-state index is 12.4. The lowest BCUT2D eigenvalue weighted by atomic mass is 9.95. The fraction of sp³-hybridized carbons (Fsp3) is 0. The van der Waals surface area contributed by atoms with E-state index >= 15 is 0 Å². The van der Waals surface area contributed by atoms with Gasteiger partial charge in [0.2, 0.25) is 5.78 Å². The molecule has 0 radical (unpaired) electrons. The number of carboxylic acids is 2. The van der Waals surface area contributed by atoms with E-state index < -0.39 is 40.2 Å². The van der Waals surface area contributed by atoms with Crippen LogP contribution in [0.2, 0.25) is 0 Å². The Hall–Kier alpha value is -3.35. The Labute approximate surface area is 123 Å². The van der Waals surface area contributed by atoms with Crippen molar-refractivity contribution in [2.45, 2.75) is 0 Å². The third kappa shape index (κ3) is 2.59. The number of carbonyl (C=O) groups is 3. The van der Waals surface area contributed by atoms with Gasteiger partial charge in [-0.25, -0.2) is 9.59 Å². The number of ketones is 1. The molecule has 0 fully saturated rings. The summed E-state index contributed by atoms with van der Waals surface area (Å²) in [4.78, 5) is 34.5. The molecule has 112 valence electrons. The van der Waals surface area contributed by atoms with Gasteiger partial charge < -0.3 is 20.4 Å². The number of hydrogen-bond acceptors (Lipinski definition) is 5. The SMILES string of the molecule is O=C(O)c1cc(O)c(C(=O)c2ccccc2O)c(C(=O)O)c1. The van der Waals surface area contributed by atoms with E-state index in [4.69, 9.17) is 10.2 Å². The average Bonchev–Trinajstić information content (AvgIpc) is 2.46. The van der Waals surface area contributed by atoms with Gasteiger partial charge in [0.05, 0.1) is 22.3 Å². The first-order valence-electron chi connectivity index (χ1n) is 5.99. The predicted molar refractivity (Wildman–Crippen MR) is 73.6 cm³/mol. The second-order valence-corrected chi connectivity index (χ2v) is 4.37. The lowest BCUT2D eigenvalue weighted by Crippen LogP contribution is -2.12. The summed E-state index contributed by atoms with van der Waals surface area (Å²) in [5.74, 6) is -5.11. The summed E-state index contributed by atoms with van der Waals surface area (Å²) in [7, 11) is 0. The number of rotatable bonds is 4. The molecule has 7 heteroatoms. The Morgan fingerprint density at radius 2 is 1.41 bits per heavy atom. The zero-order valence-electron chi connectivity index (χ0n) is 11.0. The second-order valence-electron chi connectivity index (χ2n) is 4.37. The van der Waals surface area contributed by atoms with E-state index in [9.17, 15) is 24.6 Å². The molecule has 0 spiro atoms. The van der Waals surface area contributed by atoms with Gasteiger partial charge in [-0.1, -0.05) is 12.1 Å². The van der Waals surface area contributed by atoms with Crippen molar-refractivity contribution in [2.24, 2.45) is 0 Å². The molecule has 0 saturated heterocycles. The summed E-state index contributed by atoms with van der Waals surface area (Å²) in [6, 6.07) is 6.97. The number of hydrogen-bond donors (Lipinski definition) is 4. The standard InChI is InChI=1S/C15H10O7/c16-10-4-2-1-3-8(10)13(18)12-9(15(21)22)5-7(14(19)20)6-11(12)17/h1-6,16-17H,(H,19,20)(H,21,22). The Balaban J connectivity index is 2.70. The minimum atomic E-state index is -1.57. The molecule has 0 aliphatic heterocycles. The van der Waals surface area contributed by atoms with Gasteiger partial charge in [0.1, 0.15) is 11.5 Å². The quantitative estimate of drug-likeness (QED) is 0.632. The molecule has 2 aromatic rings. The minimum Gasteiger partial charge on any atom is -0.507 e. The van der Waals surface area contributed by atoms with E-state index in [1.807, 2.05) is 0 Å². The van der Waals surface area contributed by atoms with Crippen LogP contribution in [0.4, 0.5) is 0 Å². The number of para-hydroxylation sites is 1. The largest absolute Gasteiger partial charge is 0.507 e. The van der Waals surface area contributed by atoms with Crippen molar-refractivity contribution in [3.05, 3.63) is 58.7 Å². The van der Waals surface area contributed by atoms with Gasteiger partial charge in [-0.3, -0.25) is 4.79 Å². The first kappa shape index (κ1) is 15.0. The van der Waals surface area contributed by atoms with E-state index in [-0.39, 0.29) is 11.3 Å². The number of benzene rings is 2. The molecular weight excluding hydrogens is 292 g/mol. The molecule has 0 amide bonds. The van der Waals surface area contributed by atoms with Gasteiger partial charge >= 0.3 is 11.9 Å². The summed E-state index contributed by atoms with van der Waals surface area (Å²) in [6.07, 6.45) is 0. The molecule has 0 heterocycles. The van der Waals surface area contributed by atoms with Gasteiger partial charge in [0.25, 0.3) is 0 Å². The predicted octanol–water partition coefficient (Wildman–Crippen LogP) is 1.73. The molecule has 4 N–H and O–H groups in total. The molecule has 2 aromatic carbocycles. The van der Waals surface area contributed by atoms with Crippen LogP contribution >= 0.6 is 0 Å². The molecule has 0 aliphatic carbocycles. The van der Waals surface area contributed by atoms with Crippen molar-refractivity contribution < 1.29 is 34.8 Å². The van der Waals surface area contributed by atoms with E-state index in [1.54, 1.807) is 0 Å². The first-order valence-corrected chi connectivity index (χ1v) is 5.99. The van der Waals surface area contributed by atoms with Gasteiger partial charge in [0, 0.05) is 0 Å². The van der Waals surface area contributed by atoms with Crippen LogP contribution in [0, 0.1) is 0 Å². The summed E-state index contributed by atoms with van der Waals surface area (Å²) >= 11 is 0. The Morgan fingerprint density at radius 3 is 1.95 bits per heavy atom. The molecule has 0 bridgehead atoms. The Bertz CT molecular complexity index is 792. The fourth-order valence-corrected chi connectivity index (χ4v) is 1.96. The highest BCUT2D eigenvalue weighted by molar-refractivity contribution is 6.17. The van der Waals surface area contributed by atoms with Crippen LogP contribution in [-0.4, -0.2) is 38.1 Å². The zero-order chi connectivity index (χ0) is 16.4. The first-order chi connectivity index (χ1) is 10.3. The van der Waals surface area contributed by atoms with Crippen molar-refractivity contribution in [2.75, 3.05) is 0 Å². The highest BCUT2D eigenvalue weighted by Gasteiger charge is 2.26. The molecule has 22 heavy (non-hydrogen) atoms. The van der Waals surface area contributed by atoms with Crippen molar-refractivity contribution in [1.82, 2.24) is 0 Å². The molecular formula is C15H10O7. The molecule has 0 aliphatic rings. The van der Waals surface area contributed by atoms with Crippen LogP contribution < -0.4 is 0 Å². The summed E-state index contributed by atoms with van der Waals surface area (Å²) in [5, 5.41) is 37.5. The van der Waals surface area contributed by atoms with Crippen LogP contribution in [0.15, 0.2) is 36.4 Å². The van der Waals surface area contributed by atoms with Gasteiger partial charge in [-0.05, 0) is 24.3 Å². The monoisotopic (exact) mass is 302 g/mol. The molecule has 0 unspecified atom stereocenters. The summed E-state index contributed by atoms with van der Waals surface area (Å²) in [5.41, 5.74) is -1.92. The van der Waals surface area contributed by atoms with E-state index in [2.05, 4.69) is 0 Å². The van der Waals surface area contributed by atoms with Gasteiger partial charge in [-0.15, -0.1) is 0 Å². The maximum Gasteiger partial charge on any atom is 0.336 e. The number of aromatic carboxylic acids is 2. The van der Waals surface area contributed by atoms with Crippen LogP contribution in [0.3, 0.4) is 0 Å². The van der Waals surface area contributed by atoms with Crippen LogP contribution in [0.1, 0.15) is 36.6 Å². The summed E-state index contributed by atoms with van der Waals surface area (Å²) in [6.45, 7) is 0. The Kier molecular flexibility index (Phi) is 3.81. The van der Waals surface area contributed by atoms with Gasteiger partial charge in [-0.2, -0.15) is 0 Å². The fourth-order valence-electron chi connectivity index (χ4n) is 1.96. The third-order valence-corrected chi connectivity index (χ3v) is 2.97. The normalized spacial score (nSPS) is 10.2. The molecule has 0 aromatic heterocycles. The molecule has 7 nitrogen and oxygen atoms in total. The van der Waals surface area contributed by atoms with Crippen LogP contribution in [0.25, 0.3) is 0 Å². The number of carbonyl (C=O) groups excluding carboxylic acids is 1. The third-order valence-electron chi connectivity index (χ3n) is 2.97. The van der Waals surface area contributed by atoms with E-state index in [0.717, 1.165) is 12.1 Å². The lowest BCUT2D eigenvalue weighted by molar-refractivity contribution is 0.0691. The van der Waals surface area contributed by atoms with Crippen molar-refractivity contribution in [3.63, 3.8) is 0 Å². The second kappa shape index (κ2) is 5.57. The van der Waals surface area contributed by atoms with Crippen LogP contribution in [-0.2, 0) is 0 Å². The van der Waals surface area contributed by atoms with Crippen molar-refractivity contribution in [1.29, 1.82) is 0 Å². The lowest BCUT2D eigenvalue weighted by Gasteiger charge is -2.10. The smallest absolute Gasteiger partial charge is 0.336 e. The minimum absolute atomic E-state index is 0.205. The molecule has 0 saturated carbocycles. The van der Waals surface area contributed by atoms with Gasteiger partial charge in [0.15, 0.2) is 0 Å². The topological polar surface area (TPSA) is 132 Å². The maximum absolute atomic E-state index is 12.4. The highest BCUT2D eigenvalue weighted by Crippen LogP contribution is 2.29. The number of phenolic OH excluding ortho intramolecular Hbond substituents is 2. The van der Waals surface area contributed by atoms with Crippen LogP contribution in [0.5, 0.6) is 11.5 Å². The molecule has 0 atom stereocenters. The number of carboxylic acid groups (broad SMARTS) is 2. The Morgan fingerprint density at radius 1 is 0.773 bits per heavy atom. The zero-order valence-corrected chi connectivity index (χ0v) is 11.0. The van der Waals surface area contributed by atoms with E-state index in [0.29, 0.717) is 0 Å². The number of phenols is 2. The van der Waals surface area contributed by atoms with E-state index in [1.165, 1.54) is 24.3 Å². The number of aromatic hydroxyl groups is 2.